The summed E-state index contributed by atoms with van der Waals surface area (Å²) in [5, 5.41) is 3.18. The number of nitrogens with zero attached hydrogens (tertiary/aromatic N) is 5. The Morgan fingerprint density at radius 3 is 2.58 bits per heavy atom. The molecule has 1 N–H and O–H groups in total. The fourth-order valence-corrected chi connectivity index (χ4v) is 2.57. The zero-order chi connectivity index (χ0) is 18.8. The van der Waals surface area contributed by atoms with Crippen molar-refractivity contribution in [2.75, 3.05) is 32.5 Å². The highest BCUT2D eigenvalue weighted by atomic mass is 35.5. The van der Waals surface area contributed by atoms with Crippen LogP contribution in [-0.2, 0) is 0 Å². The number of fused-ring (bicyclic) bond motifs is 1. The van der Waals surface area contributed by atoms with E-state index in [0.29, 0.717) is 13.1 Å². The standard InChI is InChI=1S/C16H15ClF2N6O/c1-24(2)7-6-20-15-22-13(17)9-8-21-16(26)25(14(9)23-15)12-10(18)4-3-5-11(12)19/h3-5,8H,6-7H2,1-2H3,(H,20,22,23). The van der Waals surface area contributed by atoms with Crippen LogP contribution >= 0.6 is 11.6 Å². The van der Waals surface area contributed by atoms with Crippen LogP contribution in [0.2, 0.25) is 5.15 Å². The van der Waals surface area contributed by atoms with Crippen LogP contribution < -0.4 is 11.0 Å². The van der Waals surface area contributed by atoms with Crippen LogP contribution in [0.1, 0.15) is 0 Å². The summed E-state index contributed by atoms with van der Waals surface area (Å²) < 4.78 is 29.2. The largest absolute Gasteiger partial charge is 0.354 e. The SMILES string of the molecule is CN(C)CCNc1nc(Cl)c2cnc(=O)n(-c3c(F)cccc3F)c2n1. The van der Waals surface area contributed by atoms with E-state index in [9.17, 15) is 13.6 Å². The summed E-state index contributed by atoms with van der Waals surface area (Å²) in [5.41, 5.74) is -1.48. The number of hydrogen-bond acceptors (Lipinski definition) is 6. The molecule has 0 bridgehead atoms. The van der Waals surface area contributed by atoms with Crippen molar-refractivity contribution in [1.29, 1.82) is 0 Å². The zero-order valence-corrected chi connectivity index (χ0v) is 14.8. The van der Waals surface area contributed by atoms with E-state index in [4.69, 9.17) is 11.6 Å². The molecule has 2 aromatic heterocycles. The molecule has 0 atom stereocenters. The Balaban J connectivity index is 2.21. The number of anilines is 1. The lowest BCUT2D eigenvalue weighted by atomic mass is 10.2. The number of likely N-dealkylation sites (N-methyl/N-ethyl adjacent to an activating group) is 1. The van der Waals surface area contributed by atoms with Crippen LogP contribution in [0.15, 0.2) is 29.2 Å². The van der Waals surface area contributed by atoms with Crippen molar-refractivity contribution >= 4 is 28.6 Å². The molecule has 10 heteroatoms. The van der Waals surface area contributed by atoms with E-state index in [1.807, 2.05) is 19.0 Å². The normalized spacial score (nSPS) is 11.3. The van der Waals surface area contributed by atoms with Gasteiger partial charge in [-0.25, -0.2) is 28.1 Å². The maximum Gasteiger partial charge on any atom is 0.354 e. The summed E-state index contributed by atoms with van der Waals surface area (Å²) in [6.07, 6.45) is 1.18. The predicted molar refractivity (Wildman–Crippen MR) is 94.9 cm³/mol. The highest BCUT2D eigenvalue weighted by Gasteiger charge is 2.19. The number of halogens is 3. The van der Waals surface area contributed by atoms with E-state index in [1.54, 1.807) is 0 Å². The van der Waals surface area contributed by atoms with Gasteiger partial charge in [0.1, 0.15) is 22.5 Å². The highest BCUT2D eigenvalue weighted by molar-refractivity contribution is 6.34. The molecule has 0 aliphatic heterocycles. The minimum atomic E-state index is -0.918. The van der Waals surface area contributed by atoms with Gasteiger partial charge < -0.3 is 10.2 Å². The summed E-state index contributed by atoms with van der Waals surface area (Å²) in [6.45, 7) is 1.21. The van der Waals surface area contributed by atoms with Gasteiger partial charge in [0.15, 0.2) is 5.65 Å². The van der Waals surface area contributed by atoms with Gasteiger partial charge in [-0.2, -0.15) is 4.98 Å². The first-order valence-corrected chi connectivity index (χ1v) is 8.04. The topological polar surface area (TPSA) is 75.9 Å². The summed E-state index contributed by atoms with van der Waals surface area (Å²) in [7, 11) is 3.81. The van der Waals surface area contributed by atoms with E-state index < -0.39 is 23.0 Å². The van der Waals surface area contributed by atoms with Crippen molar-refractivity contribution in [1.82, 2.24) is 24.4 Å². The third-order valence-electron chi connectivity index (χ3n) is 3.59. The molecule has 3 rings (SSSR count). The Hall–Kier alpha value is -2.65. The van der Waals surface area contributed by atoms with E-state index in [2.05, 4.69) is 20.3 Å². The second kappa shape index (κ2) is 7.30. The first-order valence-electron chi connectivity index (χ1n) is 7.67. The predicted octanol–water partition coefficient (Wildman–Crippen LogP) is 2.08. The van der Waals surface area contributed by atoms with Crippen LogP contribution in [0.25, 0.3) is 16.7 Å². The van der Waals surface area contributed by atoms with E-state index in [1.165, 1.54) is 12.3 Å². The van der Waals surface area contributed by atoms with Gasteiger partial charge in [0.05, 0.1) is 5.39 Å². The van der Waals surface area contributed by atoms with Crippen LogP contribution in [0.4, 0.5) is 14.7 Å². The number of aromatic nitrogens is 4. The Labute approximate surface area is 152 Å². The van der Waals surface area contributed by atoms with Crippen molar-refractivity contribution < 1.29 is 8.78 Å². The minimum Gasteiger partial charge on any atom is -0.353 e. The maximum atomic E-state index is 14.2. The molecule has 136 valence electrons. The number of benzene rings is 1. The second-order valence-corrected chi connectivity index (χ2v) is 6.11. The van der Waals surface area contributed by atoms with E-state index in [-0.39, 0.29) is 22.1 Å². The third-order valence-corrected chi connectivity index (χ3v) is 3.88. The number of hydrogen-bond donors (Lipinski definition) is 1. The van der Waals surface area contributed by atoms with Gasteiger partial charge in [-0.15, -0.1) is 0 Å². The Morgan fingerprint density at radius 1 is 1.23 bits per heavy atom. The molecule has 26 heavy (non-hydrogen) atoms. The van der Waals surface area contributed by atoms with Gasteiger partial charge in [-0.3, -0.25) is 0 Å². The van der Waals surface area contributed by atoms with Crippen molar-refractivity contribution in [3.05, 3.63) is 51.7 Å². The summed E-state index contributed by atoms with van der Waals surface area (Å²) in [4.78, 5) is 26.1. The van der Waals surface area contributed by atoms with Gasteiger partial charge in [0.2, 0.25) is 5.95 Å². The molecule has 0 spiro atoms. The molecule has 0 amide bonds. The zero-order valence-electron chi connectivity index (χ0n) is 14.0. The average molecular weight is 381 g/mol. The smallest absolute Gasteiger partial charge is 0.353 e. The van der Waals surface area contributed by atoms with Crippen LogP contribution in [-0.4, -0.2) is 51.6 Å². The lowest BCUT2D eigenvalue weighted by Gasteiger charge is -2.13. The number of para-hydroxylation sites is 1. The fourth-order valence-electron chi connectivity index (χ4n) is 2.36. The second-order valence-electron chi connectivity index (χ2n) is 5.75. The Morgan fingerprint density at radius 2 is 1.92 bits per heavy atom. The van der Waals surface area contributed by atoms with Crippen molar-refractivity contribution in [3.63, 3.8) is 0 Å². The number of nitrogens with one attached hydrogen (secondary N) is 1. The van der Waals surface area contributed by atoms with E-state index in [0.717, 1.165) is 16.7 Å². The molecule has 0 fully saturated rings. The highest BCUT2D eigenvalue weighted by Crippen LogP contribution is 2.24. The van der Waals surface area contributed by atoms with Gasteiger partial charge in [0.25, 0.3) is 0 Å². The van der Waals surface area contributed by atoms with Crippen LogP contribution in [0.5, 0.6) is 0 Å². The lowest BCUT2D eigenvalue weighted by Crippen LogP contribution is -2.25. The average Bonchev–Trinajstić information content (AvgIpc) is 2.56. The molecule has 0 saturated carbocycles. The Bertz CT molecular complexity index is 1000. The van der Waals surface area contributed by atoms with Gasteiger partial charge in [-0.05, 0) is 26.2 Å². The molecule has 7 nitrogen and oxygen atoms in total. The molecule has 0 aliphatic rings. The summed E-state index contributed by atoms with van der Waals surface area (Å²) in [5.74, 6) is -1.70. The van der Waals surface area contributed by atoms with Crippen molar-refractivity contribution in [3.8, 4) is 5.69 Å². The molecule has 1 aromatic carbocycles. The van der Waals surface area contributed by atoms with Crippen molar-refractivity contribution in [2.45, 2.75) is 0 Å². The summed E-state index contributed by atoms with van der Waals surface area (Å²) in [6, 6.07) is 3.29. The minimum absolute atomic E-state index is 0.0142. The monoisotopic (exact) mass is 380 g/mol. The Kier molecular flexibility index (Phi) is 5.10. The molecule has 0 unspecified atom stereocenters. The van der Waals surface area contributed by atoms with Gasteiger partial charge in [0, 0.05) is 19.3 Å². The quantitative estimate of drug-likeness (QED) is 0.683. The lowest BCUT2D eigenvalue weighted by molar-refractivity contribution is 0.425. The molecule has 0 aliphatic carbocycles. The molecule has 0 radical (unpaired) electrons. The maximum absolute atomic E-state index is 14.2. The molecule has 0 saturated heterocycles. The van der Waals surface area contributed by atoms with Gasteiger partial charge in [-0.1, -0.05) is 17.7 Å². The molecule has 3 aromatic rings. The van der Waals surface area contributed by atoms with E-state index >= 15 is 0 Å². The molecular formula is C16H15ClF2N6O. The number of rotatable bonds is 5. The van der Waals surface area contributed by atoms with Crippen LogP contribution in [0.3, 0.4) is 0 Å². The fraction of sp³-hybridized carbons (Fsp3) is 0.250. The van der Waals surface area contributed by atoms with Crippen LogP contribution in [0, 0.1) is 11.6 Å². The molecular weight excluding hydrogens is 366 g/mol. The third kappa shape index (κ3) is 3.49. The first-order chi connectivity index (χ1) is 12.4. The van der Waals surface area contributed by atoms with Gasteiger partial charge >= 0.3 is 5.69 Å². The first kappa shape index (κ1) is 18.2. The summed E-state index contributed by atoms with van der Waals surface area (Å²) >= 11 is 6.15. The molecule has 2 heterocycles. The van der Waals surface area contributed by atoms with Crippen molar-refractivity contribution in [2.24, 2.45) is 0 Å².